The third kappa shape index (κ3) is 3.54. The van der Waals surface area contributed by atoms with Gasteiger partial charge in [0.05, 0.1) is 17.0 Å². The summed E-state index contributed by atoms with van der Waals surface area (Å²) < 4.78 is 11.1. The lowest BCUT2D eigenvalue weighted by molar-refractivity contribution is -0.117. The first-order valence-electron chi connectivity index (χ1n) is 10.2. The molecule has 0 saturated carbocycles. The third-order valence-corrected chi connectivity index (χ3v) is 5.65. The van der Waals surface area contributed by atoms with Crippen molar-refractivity contribution in [1.82, 2.24) is 15.3 Å². The van der Waals surface area contributed by atoms with Crippen LogP contribution in [0.5, 0.6) is 0 Å². The van der Waals surface area contributed by atoms with Gasteiger partial charge in [-0.15, -0.1) is 0 Å². The number of aliphatic imine (C=N–C) groups is 1. The van der Waals surface area contributed by atoms with Crippen molar-refractivity contribution in [2.45, 2.75) is 33.2 Å². The second kappa shape index (κ2) is 7.84. The molecule has 160 valence electrons. The van der Waals surface area contributed by atoms with Crippen LogP contribution < -0.4 is 0 Å². The summed E-state index contributed by atoms with van der Waals surface area (Å²) >= 11 is 6.13. The summed E-state index contributed by atoms with van der Waals surface area (Å²) in [6.45, 7) is 5.21. The molecule has 0 bridgehead atoms. The van der Waals surface area contributed by atoms with Gasteiger partial charge in [-0.2, -0.15) is 4.98 Å². The fraction of sp³-hybridized carbons (Fsp3) is 0.208. The van der Waals surface area contributed by atoms with Crippen LogP contribution in [-0.4, -0.2) is 26.8 Å². The molecule has 0 fully saturated rings. The summed E-state index contributed by atoms with van der Waals surface area (Å²) in [4.78, 5) is 21.4. The van der Waals surface area contributed by atoms with Crippen LogP contribution in [0.15, 0.2) is 56.5 Å². The molecule has 0 spiro atoms. The fourth-order valence-electron chi connectivity index (χ4n) is 3.98. The Hall–Kier alpha value is -3.58. The number of nitrogens with zero attached hydrogens (tertiary/aromatic N) is 4. The first kappa shape index (κ1) is 20.3. The minimum Gasteiger partial charge on any atom is -0.358 e. The van der Waals surface area contributed by atoms with Crippen LogP contribution in [0.2, 0.25) is 5.02 Å². The van der Waals surface area contributed by atoms with E-state index < -0.39 is 6.04 Å². The number of aryl methyl sites for hydroxylation is 2. The van der Waals surface area contributed by atoms with E-state index in [0.717, 1.165) is 39.2 Å². The van der Waals surface area contributed by atoms with Crippen molar-refractivity contribution >= 4 is 23.1 Å². The average Bonchev–Trinajstić information content (AvgIpc) is 3.33. The first-order chi connectivity index (χ1) is 15.4. The Kier molecular flexibility index (Phi) is 4.98. The maximum Gasteiger partial charge on any atom is 0.257 e. The lowest BCUT2D eigenvalue weighted by Gasteiger charge is -2.12. The van der Waals surface area contributed by atoms with E-state index >= 15 is 0 Å². The topological polar surface area (TPSA) is 94.4 Å². The minimum atomic E-state index is -0.490. The zero-order valence-corrected chi connectivity index (χ0v) is 18.5. The van der Waals surface area contributed by atoms with E-state index in [4.69, 9.17) is 25.6 Å². The summed E-state index contributed by atoms with van der Waals surface area (Å²) in [6, 6.07) is 12.9. The monoisotopic (exact) mass is 446 g/mol. The molecule has 0 amide bonds. The Labute approximate surface area is 189 Å². The van der Waals surface area contributed by atoms with E-state index in [2.05, 4.69) is 15.3 Å². The zero-order chi connectivity index (χ0) is 22.4. The van der Waals surface area contributed by atoms with Crippen LogP contribution in [0, 0.1) is 13.8 Å². The third-order valence-electron chi connectivity index (χ3n) is 5.39. The summed E-state index contributed by atoms with van der Waals surface area (Å²) in [6.07, 6.45) is 0.211. The molecular formula is C24H19ClN4O3. The molecule has 0 saturated heterocycles. The van der Waals surface area contributed by atoms with E-state index in [0.29, 0.717) is 22.5 Å². The molecule has 3 heterocycles. The van der Waals surface area contributed by atoms with E-state index in [9.17, 15) is 4.79 Å². The number of halogens is 1. The zero-order valence-electron chi connectivity index (χ0n) is 17.7. The second-order valence-electron chi connectivity index (χ2n) is 7.82. The van der Waals surface area contributed by atoms with Crippen LogP contribution in [0.3, 0.4) is 0 Å². The maximum atomic E-state index is 12.1. The van der Waals surface area contributed by atoms with Crippen LogP contribution >= 0.6 is 11.6 Å². The summed E-state index contributed by atoms with van der Waals surface area (Å²) in [5.41, 5.74) is 5.74. The molecule has 32 heavy (non-hydrogen) atoms. The summed E-state index contributed by atoms with van der Waals surface area (Å²) in [5.74, 6) is 1.58. The van der Waals surface area contributed by atoms with Crippen LogP contribution in [0.4, 0.5) is 0 Å². The van der Waals surface area contributed by atoms with E-state index in [-0.39, 0.29) is 12.2 Å². The van der Waals surface area contributed by atoms with Crippen molar-refractivity contribution in [2.75, 3.05) is 0 Å². The second-order valence-corrected chi connectivity index (χ2v) is 8.26. The molecule has 0 aliphatic carbocycles. The van der Waals surface area contributed by atoms with Gasteiger partial charge in [0.15, 0.2) is 11.6 Å². The lowest BCUT2D eigenvalue weighted by atomic mass is 9.91. The Bertz CT molecular complexity index is 1370. The van der Waals surface area contributed by atoms with Gasteiger partial charge >= 0.3 is 0 Å². The highest BCUT2D eigenvalue weighted by Crippen LogP contribution is 2.42. The standard InChI is InChI=1S/C24H19ClN4O3/c1-12(30)10-20-23-21(13(2)28-31-23)18-9-6-16(24-26-14(3)29-32-24)11-19(18)22(27-20)15-4-7-17(25)8-5-15/h4-9,11,20H,10H2,1-3H3. The Morgan fingerprint density at radius 1 is 1.00 bits per heavy atom. The molecule has 1 unspecified atom stereocenters. The molecule has 4 aromatic rings. The molecular weight excluding hydrogens is 428 g/mol. The maximum absolute atomic E-state index is 12.1. The number of benzene rings is 2. The predicted octanol–water partition coefficient (Wildman–Crippen LogP) is 5.53. The number of carbonyl (C=O) groups is 1. The van der Waals surface area contributed by atoms with E-state index in [1.807, 2.05) is 49.4 Å². The Morgan fingerprint density at radius 3 is 2.44 bits per heavy atom. The fourth-order valence-corrected chi connectivity index (χ4v) is 4.11. The van der Waals surface area contributed by atoms with Gasteiger partial charge in [0, 0.05) is 28.1 Å². The highest BCUT2D eigenvalue weighted by atomic mass is 35.5. The highest BCUT2D eigenvalue weighted by molar-refractivity contribution is 6.30. The first-order valence-corrected chi connectivity index (χ1v) is 10.5. The van der Waals surface area contributed by atoms with E-state index in [1.54, 1.807) is 13.8 Å². The lowest BCUT2D eigenvalue weighted by Crippen LogP contribution is -2.08. The van der Waals surface area contributed by atoms with Gasteiger partial charge in [-0.3, -0.25) is 9.79 Å². The largest absolute Gasteiger partial charge is 0.358 e. The van der Waals surface area contributed by atoms with Gasteiger partial charge in [-0.25, -0.2) is 0 Å². The summed E-state index contributed by atoms with van der Waals surface area (Å²) in [5, 5.41) is 8.71. The average molecular weight is 447 g/mol. The van der Waals surface area contributed by atoms with Gasteiger partial charge in [0.1, 0.15) is 11.8 Å². The van der Waals surface area contributed by atoms with Crippen LogP contribution in [0.25, 0.3) is 22.6 Å². The molecule has 1 aliphatic rings. The number of Topliss-reactive ketones (excluding diaryl/α,β-unsaturated/α-hetero) is 1. The number of rotatable bonds is 4. The highest BCUT2D eigenvalue weighted by Gasteiger charge is 2.31. The van der Waals surface area contributed by atoms with E-state index in [1.165, 1.54) is 0 Å². The number of hydrogen-bond acceptors (Lipinski definition) is 7. The molecule has 2 aromatic heterocycles. The van der Waals surface area contributed by atoms with Gasteiger partial charge in [-0.1, -0.05) is 40.1 Å². The van der Waals surface area contributed by atoms with Crippen molar-refractivity contribution in [3.05, 3.63) is 75.9 Å². The Morgan fingerprint density at radius 2 is 1.75 bits per heavy atom. The summed E-state index contributed by atoms with van der Waals surface area (Å²) in [7, 11) is 0. The Balaban J connectivity index is 1.79. The molecule has 1 aliphatic heterocycles. The van der Waals surface area contributed by atoms with Gasteiger partial charge < -0.3 is 9.05 Å². The van der Waals surface area contributed by atoms with Crippen LogP contribution in [-0.2, 0) is 4.79 Å². The van der Waals surface area contributed by atoms with Crippen molar-refractivity contribution < 1.29 is 13.8 Å². The number of aromatic nitrogens is 3. The number of carbonyl (C=O) groups excluding carboxylic acids is 1. The molecule has 8 heteroatoms. The smallest absolute Gasteiger partial charge is 0.257 e. The number of hydrogen-bond donors (Lipinski definition) is 0. The minimum absolute atomic E-state index is 0.0159. The van der Waals surface area contributed by atoms with Crippen molar-refractivity contribution in [2.24, 2.45) is 4.99 Å². The van der Waals surface area contributed by atoms with Gasteiger partial charge in [0.2, 0.25) is 0 Å². The normalized spacial score (nSPS) is 15.0. The SMILES string of the molecule is CC(=O)CC1N=C(c2ccc(Cl)cc2)c2cc(-c3nc(C)no3)ccc2-c2c(C)noc21. The number of fused-ring (bicyclic) bond motifs is 3. The molecule has 5 rings (SSSR count). The van der Waals surface area contributed by atoms with Crippen LogP contribution in [0.1, 0.15) is 47.8 Å². The van der Waals surface area contributed by atoms with Crippen molar-refractivity contribution in [1.29, 1.82) is 0 Å². The molecule has 7 nitrogen and oxygen atoms in total. The quantitative estimate of drug-likeness (QED) is 0.409. The van der Waals surface area contributed by atoms with Gasteiger partial charge in [-0.05, 0) is 50.6 Å². The molecule has 2 aromatic carbocycles. The van der Waals surface area contributed by atoms with Crippen molar-refractivity contribution in [3.8, 4) is 22.6 Å². The molecule has 1 atom stereocenters. The van der Waals surface area contributed by atoms with Gasteiger partial charge in [0.25, 0.3) is 5.89 Å². The predicted molar refractivity (Wildman–Crippen MR) is 120 cm³/mol. The number of ketones is 1. The molecule has 0 radical (unpaired) electrons. The van der Waals surface area contributed by atoms with Crippen molar-refractivity contribution in [3.63, 3.8) is 0 Å². The molecule has 0 N–H and O–H groups in total.